The average molecular weight is 358 g/mol. The number of nitrogens with zero attached hydrogens (tertiary/aromatic N) is 2. The van der Waals surface area contributed by atoms with E-state index in [0.29, 0.717) is 0 Å². The van der Waals surface area contributed by atoms with Gasteiger partial charge in [0, 0.05) is 26.9 Å². The summed E-state index contributed by atoms with van der Waals surface area (Å²) in [5, 5.41) is 5.72. The Morgan fingerprint density at radius 1 is 0.607 bits per heavy atom. The van der Waals surface area contributed by atoms with Crippen molar-refractivity contribution < 1.29 is 4.42 Å². The van der Waals surface area contributed by atoms with Crippen LogP contribution >= 0.6 is 0 Å². The Balaban J connectivity index is 1.87. The van der Waals surface area contributed by atoms with E-state index < -0.39 is 0 Å². The van der Waals surface area contributed by atoms with E-state index in [1.807, 2.05) is 18.2 Å². The van der Waals surface area contributed by atoms with Crippen molar-refractivity contribution in [3.05, 3.63) is 84.9 Å². The highest BCUT2D eigenvalue weighted by molar-refractivity contribution is 6.25. The predicted molar refractivity (Wildman–Crippen MR) is 115 cm³/mol. The molecule has 0 aliphatic heterocycles. The van der Waals surface area contributed by atoms with Crippen molar-refractivity contribution in [2.24, 2.45) is 0 Å². The molecule has 3 aromatic heterocycles. The lowest BCUT2D eigenvalue weighted by Gasteiger charge is -2.09. The zero-order chi connectivity index (χ0) is 18.2. The van der Waals surface area contributed by atoms with E-state index in [9.17, 15) is 0 Å². The fourth-order valence-electron chi connectivity index (χ4n) is 4.57. The highest BCUT2D eigenvalue weighted by Gasteiger charge is 2.17. The van der Waals surface area contributed by atoms with Crippen LogP contribution in [-0.4, -0.2) is 9.38 Å². The molecule has 0 aliphatic carbocycles. The molecule has 0 saturated heterocycles. The normalized spacial score (nSPS) is 12.3. The zero-order valence-electron chi connectivity index (χ0n) is 14.9. The quantitative estimate of drug-likeness (QED) is 0.283. The van der Waals surface area contributed by atoms with E-state index in [4.69, 9.17) is 9.40 Å². The Morgan fingerprint density at radius 3 is 2.25 bits per heavy atom. The first-order chi connectivity index (χ1) is 13.9. The molecule has 0 atom stereocenters. The van der Waals surface area contributed by atoms with Crippen LogP contribution in [0.2, 0.25) is 0 Å². The lowest BCUT2D eigenvalue weighted by atomic mass is 10.0. The van der Waals surface area contributed by atoms with Crippen molar-refractivity contribution >= 4 is 60.3 Å². The van der Waals surface area contributed by atoms with Crippen molar-refractivity contribution in [2.45, 2.75) is 0 Å². The monoisotopic (exact) mass is 358 g/mol. The molecule has 0 radical (unpaired) electrons. The number of hydrogen-bond donors (Lipinski definition) is 0. The predicted octanol–water partition coefficient (Wildman–Crippen LogP) is 6.69. The van der Waals surface area contributed by atoms with E-state index in [1.54, 1.807) is 0 Å². The van der Waals surface area contributed by atoms with E-state index >= 15 is 0 Å². The molecule has 7 aromatic rings. The summed E-state index contributed by atoms with van der Waals surface area (Å²) in [7, 11) is 0. The van der Waals surface area contributed by atoms with Gasteiger partial charge in [-0.2, -0.15) is 0 Å². The Labute approximate surface area is 159 Å². The minimum atomic E-state index is 0.919. The van der Waals surface area contributed by atoms with Crippen LogP contribution in [0, 0.1) is 0 Å². The number of fused-ring (bicyclic) bond motifs is 12. The van der Waals surface area contributed by atoms with E-state index in [0.717, 1.165) is 54.9 Å². The van der Waals surface area contributed by atoms with Crippen LogP contribution < -0.4 is 0 Å². The van der Waals surface area contributed by atoms with Crippen LogP contribution in [0.1, 0.15) is 0 Å². The van der Waals surface area contributed by atoms with Crippen molar-refractivity contribution in [2.75, 3.05) is 0 Å². The lowest BCUT2D eigenvalue weighted by molar-refractivity contribution is 0.673. The van der Waals surface area contributed by atoms with Gasteiger partial charge in [0.1, 0.15) is 16.8 Å². The van der Waals surface area contributed by atoms with Gasteiger partial charge in [-0.3, -0.25) is 4.40 Å². The maximum absolute atomic E-state index is 6.36. The van der Waals surface area contributed by atoms with Gasteiger partial charge in [0.25, 0.3) is 0 Å². The standard InChI is InChI=1S/C25H14N2O/c1-4-10-20-17(8-1)23-18(25-26-19-9-3-5-11-21(19)27(20)25)14-13-16-15-7-2-6-12-22(15)28-24(16)23/h1-14H. The Morgan fingerprint density at radius 2 is 1.32 bits per heavy atom. The summed E-state index contributed by atoms with van der Waals surface area (Å²) in [6.45, 7) is 0. The minimum Gasteiger partial charge on any atom is -0.455 e. The maximum atomic E-state index is 6.36. The Bertz CT molecular complexity index is 1720. The average Bonchev–Trinajstić information content (AvgIpc) is 3.32. The number of hydrogen-bond acceptors (Lipinski definition) is 2. The van der Waals surface area contributed by atoms with E-state index in [1.165, 1.54) is 5.39 Å². The number of imidazole rings is 1. The molecule has 0 saturated carbocycles. The SMILES string of the molecule is c1ccc2c(c1)nc1c3ccc4c5ccccc5oc4c3c3ccccc3n21. The van der Waals surface area contributed by atoms with E-state index in [2.05, 4.69) is 71.1 Å². The van der Waals surface area contributed by atoms with Gasteiger partial charge in [-0.25, -0.2) is 4.98 Å². The summed E-state index contributed by atoms with van der Waals surface area (Å²) < 4.78 is 8.63. The highest BCUT2D eigenvalue weighted by Crippen LogP contribution is 2.39. The highest BCUT2D eigenvalue weighted by atomic mass is 16.3. The molecule has 130 valence electrons. The third-order valence-corrected chi connectivity index (χ3v) is 5.76. The van der Waals surface area contributed by atoms with Crippen LogP contribution in [0.15, 0.2) is 89.3 Å². The number of aromatic nitrogens is 2. The third-order valence-electron chi connectivity index (χ3n) is 5.76. The van der Waals surface area contributed by atoms with Gasteiger partial charge in [0.15, 0.2) is 0 Å². The van der Waals surface area contributed by atoms with Crippen LogP contribution in [-0.2, 0) is 0 Å². The first-order valence-corrected chi connectivity index (χ1v) is 9.42. The third kappa shape index (κ3) is 1.62. The number of pyridine rings is 1. The molecular weight excluding hydrogens is 344 g/mol. The molecule has 0 spiro atoms. The van der Waals surface area contributed by atoms with Crippen LogP contribution in [0.3, 0.4) is 0 Å². The van der Waals surface area contributed by atoms with Crippen LogP contribution in [0.5, 0.6) is 0 Å². The van der Waals surface area contributed by atoms with Crippen molar-refractivity contribution in [1.82, 2.24) is 9.38 Å². The summed E-state index contributed by atoms with van der Waals surface area (Å²) in [5.74, 6) is 0. The summed E-state index contributed by atoms with van der Waals surface area (Å²) in [5.41, 5.74) is 6.10. The molecule has 3 heteroatoms. The maximum Gasteiger partial charge on any atom is 0.146 e. The molecule has 0 amide bonds. The first kappa shape index (κ1) is 14.2. The van der Waals surface area contributed by atoms with Crippen molar-refractivity contribution in [3.63, 3.8) is 0 Å². The lowest BCUT2D eigenvalue weighted by Crippen LogP contribution is -1.91. The summed E-state index contributed by atoms with van der Waals surface area (Å²) in [6, 6.07) is 29.4. The molecule has 3 nitrogen and oxygen atoms in total. The number of para-hydroxylation sites is 4. The molecule has 0 fully saturated rings. The second-order valence-corrected chi connectivity index (χ2v) is 7.24. The second-order valence-electron chi connectivity index (χ2n) is 7.24. The fraction of sp³-hybridized carbons (Fsp3) is 0. The van der Waals surface area contributed by atoms with Crippen LogP contribution in [0.4, 0.5) is 0 Å². The number of furan rings is 1. The number of benzene rings is 4. The molecule has 0 bridgehead atoms. The van der Waals surface area contributed by atoms with Gasteiger partial charge in [-0.05, 0) is 36.4 Å². The Hall–Kier alpha value is -3.85. The molecular formula is C25H14N2O. The largest absolute Gasteiger partial charge is 0.455 e. The van der Waals surface area contributed by atoms with Gasteiger partial charge in [0.05, 0.1) is 16.6 Å². The van der Waals surface area contributed by atoms with Gasteiger partial charge in [-0.15, -0.1) is 0 Å². The fourth-order valence-corrected chi connectivity index (χ4v) is 4.57. The van der Waals surface area contributed by atoms with Gasteiger partial charge < -0.3 is 4.42 Å². The molecule has 3 heterocycles. The van der Waals surface area contributed by atoms with Crippen LogP contribution in [0.25, 0.3) is 60.3 Å². The zero-order valence-corrected chi connectivity index (χ0v) is 14.9. The van der Waals surface area contributed by atoms with E-state index in [-0.39, 0.29) is 0 Å². The molecule has 4 aromatic carbocycles. The second kappa shape index (κ2) is 4.90. The molecule has 7 rings (SSSR count). The van der Waals surface area contributed by atoms with Crippen molar-refractivity contribution in [1.29, 1.82) is 0 Å². The first-order valence-electron chi connectivity index (χ1n) is 9.42. The molecule has 0 unspecified atom stereocenters. The molecule has 28 heavy (non-hydrogen) atoms. The topological polar surface area (TPSA) is 30.4 Å². The smallest absolute Gasteiger partial charge is 0.146 e. The van der Waals surface area contributed by atoms with Gasteiger partial charge >= 0.3 is 0 Å². The minimum absolute atomic E-state index is 0.919. The summed E-state index contributed by atoms with van der Waals surface area (Å²) >= 11 is 0. The molecule has 0 aliphatic rings. The summed E-state index contributed by atoms with van der Waals surface area (Å²) in [6.07, 6.45) is 0. The Kier molecular flexibility index (Phi) is 2.49. The van der Waals surface area contributed by atoms with Crippen molar-refractivity contribution in [3.8, 4) is 0 Å². The summed E-state index contributed by atoms with van der Waals surface area (Å²) in [4.78, 5) is 4.98. The van der Waals surface area contributed by atoms with Gasteiger partial charge in [-0.1, -0.05) is 48.5 Å². The number of rotatable bonds is 0. The molecule has 0 N–H and O–H groups in total. The van der Waals surface area contributed by atoms with Gasteiger partial charge in [0.2, 0.25) is 0 Å².